The number of amides is 4. The molecule has 4 aromatic carbocycles. The Labute approximate surface area is 662 Å². The molecule has 6 aromatic rings. The van der Waals surface area contributed by atoms with Gasteiger partial charge in [-0.05, 0) is 166 Å². The summed E-state index contributed by atoms with van der Waals surface area (Å²) in [6.45, 7) is 16.7. The number of esters is 2. The predicted molar refractivity (Wildman–Crippen MR) is 406 cm³/mol. The minimum absolute atomic E-state index is 0. The van der Waals surface area contributed by atoms with E-state index in [1.165, 1.54) is 17.7 Å². The van der Waals surface area contributed by atoms with Crippen molar-refractivity contribution in [3.8, 4) is 11.8 Å². The quantitative estimate of drug-likeness (QED) is 0.0162. The number of hydrogen-bond donors (Lipinski definition) is 5. The number of nitrogens with zero attached hydrogens (tertiary/aromatic N) is 4. The molecule has 7 aliphatic rings. The van der Waals surface area contributed by atoms with Crippen molar-refractivity contribution in [2.45, 2.75) is 231 Å². The van der Waals surface area contributed by atoms with E-state index in [-0.39, 0.29) is 131 Å². The number of pyridine rings is 2. The molecule has 0 bridgehead atoms. The van der Waals surface area contributed by atoms with E-state index in [0.29, 0.717) is 63.1 Å². The van der Waals surface area contributed by atoms with E-state index in [4.69, 9.17) is 53.6 Å². The minimum atomic E-state index is -1.04. The van der Waals surface area contributed by atoms with Crippen molar-refractivity contribution >= 4 is 99.3 Å². The van der Waals surface area contributed by atoms with Gasteiger partial charge in [0.15, 0.2) is 11.6 Å². The predicted octanol–water partition coefficient (Wildman–Crippen LogP) is 9.81. The molecule has 109 heavy (non-hydrogen) atoms. The first-order valence-electron chi connectivity index (χ1n) is 37.9. The minimum Gasteiger partial charge on any atom is -0.870 e. The summed E-state index contributed by atoms with van der Waals surface area (Å²) >= 11 is 0. The van der Waals surface area contributed by atoms with Gasteiger partial charge >= 0.3 is 53.7 Å². The third-order valence-electron chi connectivity index (χ3n) is 20.9. The molecule has 11 atom stereocenters. The zero-order valence-corrected chi connectivity index (χ0v) is 66.5. The molecule has 2 aromatic heterocycles. The number of nitrogens with one attached hydrogen (secondary N) is 2. The maximum absolute atomic E-state index is 14.5. The van der Waals surface area contributed by atoms with Gasteiger partial charge in [-0.2, -0.15) is 0 Å². The zero-order chi connectivity index (χ0) is 75.9. The number of allylic oxidation sites excluding steroid dienone is 2. The van der Waals surface area contributed by atoms with E-state index >= 15 is 0 Å². The number of hydrogen-bond acceptors (Lipinski definition) is 21. The number of benzene rings is 4. The Bertz CT molecular complexity index is 4140. The molecular weight excluding hydrogens is 1410 g/mol. The first-order chi connectivity index (χ1) is 50.9. The summed E-state index contributed by atoms with van der Waals surface area (Å²) in [6, 6.07) is 27.8. The number of aromatic nitrogens is 2. The average molecular weight is 1510 g/mol. The van der Waals surface area contributed by atoms with Crippen LogP contribution in [-0.4, -0.2) is 190 Å². The topological polar surface area (TPSA) is 348 Å². The third-order valence-corrected chi connectivity index (χ3v) is 20.9. The SMILES string of the molecule is C1CCOC1.CCOC(=O)[C@]12CC(=O)[C@@H]3C[C@@H](Oc4nc5ccccc5c5ccccc45)CN3C(=O)[C@@H](NC(=O)OC(C)(C)C)CCCCC/C=C\[C@@H]1C2.CCOC(=O)[C@]12CC(=O)[C@@H]3C[C@@H](Oc4nc5ccccc5c5ccccc45)CN3C(=O)[C@@H](NC(=O)OC(C)(C)C)CCCCCC(O)C[C@@H]1C2.OO.[B].[Na+].[OH-]. The van der Waals surface area contributed by atoms with E-state index in [0.717, 1.165) is 88.7 Å². The first-order valence-corrected chi connectivity index (χ1v) is 37.9. The summed E-state index contributed by atoms with van der Waals surface area (Å²) in [5, 5.41) is 34.1. The number of carbonyl (C=O) groups excluding carboxylic acids is 8. The molecule has 4 amide bonds. The maximum Gasteiger partial charge on any atom is 1.00 e. The van der Waals surface area contributed by atoms with Gasteiger partial charge in [-0.1, -0.05) is 117 Å². The van der Waals surface area contributed by atoms with Gasteiger partial charge in [0, 0.05) is 68.9 Å². The Morgan fingerprint density at radius 1 is 0.550 bits per heavy atom. The number of ketones is 2. The summed E-state index contributed by atoms with van der Waals surface area (Å²) in [5.41, 5.74) is -1.95. The monoisotopic (exact) mass is 1510 g/mol. The molecular formula is C82H107BN6NaO19. The van der Waals surface area contributed by atoms with Crippen LogP contribution >= 0.6 is 0 Å². The number of aliphatic hydroxyl groups excluding tert-OH is 1. The van der Waals surface area contributed by atoms with Crippen molar-refractivity contribution < 1.29 is 122 Å². The van der Waals surface area contributed by atoms with Crippen LogP contribution in [0.3, 0.4) is 0 Å². The van der Waals surface area contributed by atoms with Gasteiger partial charge < -0.3 is 64.2 Å². The number of fused-ring (bicyclic) bond motifs is 10. The van der Waals surface area contributed by atoms with Crippen molar-refractivity contribution in [2.75, 3.05) is 39.5 Å². The van der Waals surface area contributed by atoms with Crippen LogP contribution in [0.2, 0.25) is 0 Å². The van der Waals surface area contributed by atoms with E-state index in [1.807, 2.05) is 97.1 Å². The van der Waals surface area contributed by atoms with Crippen LogP contribution in [0.4, 0.5) is 9.59 Å². The molecule has 1 unspecified atom stereocenters. The summed E-state index contributed by atoms with van der Waals surface area (Å²) < 4.78 is 40.1. The van der Waals surface area contributed by atoms with E-state index < -0.39 is 88.6 Å². The molecule has 2 aliphatic carbocycles. The maximum atomic E-state index is 14.5. The van der Waals surface area contributed by atoms with Gasteiger partial charge in [0.25, 0.3) is 0 Å². The van der Waals surface area contributed by atoms with Crippen LogP contribution in [0.15, 0.2) is 109 Å². The molecule has 4 saturated heterocycles. The Hall–Kier alpha value is -7.82. The largest absolute Gasteiger partial charge is 1.00 e. The molecule has 3 radical (unpaired) electrons. The van der Waals surface area contributed by atoms with Gasteiger partial charge in [0.1, 0.15) is 35.5 Å². The number of para-hydroxylation sites is 2. The molecule has 13 rings (SSSR count). The fraction of sp³-hybridized carbons (Fsp3) is 0.561. The second-order valence-corrected chi connectivity index (χ2v) is 31.0. The van der Waals surface area contributed by atoms with Crippen LogP contribution in [0, 0.1) is 22.7 Å². The molecule has 5 aliphatic heterocycles. The van der Waals surface area contributed by atoms with E-state index in [9.17, 15) is 43.5 Å². The smallest absolute Gasteiger partial charge is 0.870 e. The van der Waals surface area contributed by atoms with Crippen LogP contribution < -0.4 is 49.7 Å². The number of alkyl carbamates (subject to hydrolysis) is 2. The molecule has 27 heteroatoms. The van der Waals surface area contributed by atoms with Crippen molar-refractivity contribution in [1.82, 2.24) is 30.4 Å². The Kier molecular flexibility index (Phi) is 32.4. The fourth-order valence-electron chi connectivity index (χ4n) is 15.6. The molecule has 6 fully saturated rings. The van der Waals surface area contributed by atoms with Crippen molar-refractivity contribution in [3.05, 3.63) is 109 Å². The second-order valence-electron chi connectivity index (χ2n) is 31.0. The Morgan fingerprint density at radius 3 is 1.40 bits per heavy atom. The van der Waals surface area contributed by atoms with E-state index in [2.05, 4.69) is 22.8 Å². The molecule has 583 valence electrons. The van der Waals surface area contributed by atoms with Crippen LogP contribution in [-0.2, 0) is 52.5 Å². The normalized spacial score (nSPS) is 26.1. The number of carbonyl (C=O) groups is 8. The second kappa shape index (κ2) is 39.9. The Balaban J connectivity index is 0.000000272. The standard InChI is InChI=1S/C39H49N3O8.C39H47N3O7.C4H8O.B.Na.H2O2.H2O/c1-5-48-36(46)39-21-24(39)19-25(43)13-7-6-8-18-31(41-37(47)50-38(2,3)4)35(45)42-23-26(20-32(42)33(44)22-39)49-34-29-16-10-9-14-27(29)28-15-11-12-17-30(28)40-34;1-5-47-36(45)39-22-25(39)15-9-7-6-8-10-20-31(41-37(46)49-38(2,3)4)35(44)42-24-26(21-32(42)33(43)23-39)48-34-29-18-12-11-16-27(29)28-17-13-14-19-30(28)40-34;1-2-4-5-3-1;;;1-2;/h9-12,14-17,24-26,31-32,43H,5-8,13,18-23H2,1-4H3,(H,41,47);9,11-19,25-26,31-32H,5-8,10,20-24H2,1-4H3,(H,41,46);1-4H2;;;1-2H;1H2/q;;;;+1;;/p-1/b;15-9-;;;;;/t24-,25?,26-,31+,32+,39-;25-,26-,31+,32+,39-;;;;;/m11...../s1. The van der Waals surface area contributed by atoms with Gasteiger partial charge in [-0.25, -0.2) is 19.6 Å². The zero-order valence-electron chi connectivity index (χ0n) is 64.5. The molecule has 2 saturated carbocycles. The van der Waals surface area contributed by atoms with Crippen molar-refractivity contribution in [3.63, 3.8) is 0 Å². The molecule has 7 heterocycles. The van der Waals surface area contributed by atoms with Gasteiger partial charge in [-0.3, -0.25) is 39.3 Å². The van der Waals surface area contributed by atoms with Crippen molar-refractivity contribution in [1.29, 1.82) is 0 Å². The average Bonchev–Trinajstić information content (AvgIpc) is 1.63. The number of ether oxygens (including phenoxy) is 7. The Morgan fingerprint density at radius 2 is 0.963 bits per heavy atom. The first kappa shape index (κ1) is 88.4. The van der Waals surface area contributed by atoms with Gasteiger partial charge in [0.2, 0.25) is 23.6 Å². The van der Waals surface area contributed by atoms with Crippen LogP contribution in [0.25, 0.3) is 43.4 Å². The van der Waals surface area contributed by atoms with Gasteiger partial charge in [-0.15, -0.1) is 0 Å². The molecule has 0 spiro atoms. The molecule has 6 N–H and O–H groups in total. The van der Waals surface area contributed by atoms with Crippen molar-refractivity contribution in [2.24, 2.45) is 22.7 Å². The number of aliphatic hydroxyl groups is 1. The fourth-order valence-corrected chi connectivity index (χ4v) is 15.6. The summed E-state index contributed by atoms with van der Waals surface area (Å²) in [6.07, 6.45) is 11.9. The number of Topliss-reactive ketones (excluding diaryl/α,β-unsaturated/α-hetero) is 2. The summed E-state index contributed by atoms with van der Waals surface area (Å²) in [4.78, 5) is 123. The van der Waals surface area contributed by atoms with Gasteiger partial charge in [0.05, 0.1) is 66.4 Å². The summed E-state index contributed by atoms with van der Waals surface area (Å²) in [5.74, 6) is -1.48. The summed E-state index contributed by atoms with van der Waals surface area (Å²) in [7, 11) is 0. The third kappa shape index (κ3) is 22.5. The van der Waals surface area contributed by atoms with Crippen LogP contribution in [0.1, 0.15) is 177 Å². The van der Waals surface area contributed by atoms with Crippen LogP contribution in [0.5, 0.6) is 11.8 Å². The number of rotatable bonds is 10. The molecule has 25 nitrogen and oxygen atoms in total. The van der Waals surface area contributed by atoms with E-state index in [1.54, 1.807) is 60.3 Å².